The number of amides is 1. The van der Waals surface area contributed by atoms with Gasteiger partial charge in [-0.15, -0.1) is 0 Å². The van der Waals surface area contributed by atoms with Crippen molar-refractivity contribution in [2.24, 2.45) is 0 Å². The fraction of sp³-hybridized carbons (Fsp3) is 0.118. The van der Waals surface area contributed by atoms with Crippen LogP contribution in [0.1, 0.15) is 17.4 Å². The minimum atomic E-state index is -0.251. The van der Waals surface area contributed by atoms with E-state index in [1.165, 1.54) is 0 Å². The van der Waals surface area contributed by atoms with Crippen molar-refractivity contribution in [3.05, 3.63) is 54.2 Å². The Bertz CT molecular complexity index is 845. The number of nitrogens with zero attached hydrogens (tertiary/aromatic N) is 2. The number of benzene rings is 2. The highest BCUT2D eigenvalue weighted by molar-refractivity contribution is 5.94. The molecule has 0 unspecified atom stereocenters. The summed E-state index contributed by atoms with van der Waals surface area (Å²) in [6.45, 7) is 2.39. The topological polar surface area (TPSA) is 80.9 Å². The molecule has 1 amide bonds. The number of fused-ring (bicyclic) bond motifs is 1. The second-order valence-corrected chi connectivity index (χ2v) is 4.92. The van der Waals surface area contributed by atoms with E-state index < -0.39 is 0 Å². The molecule has 0 saturated heterocycles. The van der Waals surface area contributed by atoms with E-state index in [0.29, 0.717) is 12.2 Å². The Balaban J connectivity index is 2.07. The summed E-state index contributed by atoms with van der Waals surface area (Å²) in [7, 11) is 0. The number of aromatic nitrogens is 2. The zero-order chi connectivity index (χ0) is 15.5. The van der Waals surface area contributed by atoms with Gasteiger partial charge in [-0.3, -0.25) is 4.79 Å². The Morgan fingerprint density at radius 1 is 1.09 bits per heavy atom. The second-order valence-electron chi connectivity index (χ2n) is 4.92. The molecule has 3 rings (SSSR count). The van der Waals surface area contributed by atoms with Gasteiger partial charge in [0.15, 0.2) is 0 Å². The fourth-order valence-corrected chi connectivity index (χ4v) is 2.33. The molecular weight excluding hydrogens is 276 g/mol. The van der Waals surface area contributed by atoms with Crippen LogP contribution in [0.3, 0.4) is 0 Å². The molecule has 0 fully saturated rings. The average Bonchev–Trinajstić information content (AvgIpc) is 2.54. The van der Waals surface area contributed by atoms with Crippen LogP contribution < -0.4 is 11.1 Å². The summed E-state index contributed by atoms with van der Waals surface area (Å²) < 4.78 is 0. The quantitative estimate of drug-likeness (QED) is 0.777. The first-order chi connectivity index (χ1) is 10.7. The molecule has 110 valence electrons. The van der Waals surface area contributed by atoms with Crippen LogP contribution in [0.2, 0.25) is 0 Å². The summed E-state index contributed by atoms with van der Waals surface area (Å²) >= 11 is 0. The van der Waals surface area contributed by atoms with E-state index in [9.17, 15) is 4.79 Å². The Kier molecular flexibility index (Phi) is 3.70. The summed E-state index contributed by atoms with van der Waals surface area (Å²) in [5.74, 6) is -0.162. The zero-order valence-corrected chi connectivity index (χ0v) is 12.2. The molecule has 0 bridgehead atoms. The van der Waals surface area contributed by atoms with Crippen molar-refractivity contribution in [2.75, 3.05) is 12.3 Å². The van der Waals surface area contributed by atoms with E-state index in [1.54, 1.807) is 6.07 Å². The predicted octanol–water partition coefficient (Wildman–Crippen LogP) is 2.63. The smallest absolute Gasteiger partial charge is 0.270 e. The van der Waals surface area contributed by atoms with Crippen LogP contribution in [-0.2, 0) is 0 Å². The van der Waals surface area contributed by atoms with Crippen LogP contribution in [0.25, 0.3) is 22.0 Å². The molecule has 5 heteroatoms. The van der Waals surface area contributed by atoms with Gasteiger partial charge in [0.05, 0.1) is 5.69 Å². The summed E-state index contributed by atoms with van der Waals surface area (Å²) in [6, 6.07) is 15.7. The van der Waals surface area contributed by atoms with Crippen LogP contribution in [0.4, 0.5) is 5.95 Å². The number of carbonyl (C=O) groups is 1. The standard InChI is InChI=1S/C17H16N4O/c1-2-19-16(22)15-10-14(20-17(18)21-15)13-8-7-11-5-3-4-6-12(11)9-13/h3-10H,2H2,1H3,(H,19,22)(H2,18,20,21). The normalized spacial score (nSPS) is 10.6. The van der Waals surface area contributed by atoms with Gasteiger partial charge in [-0.05, 0) is 29.8 Å². The summed E-state index contributed by atoms with van der Waals surface area (Å²) in [5, 5.41) is 4.97. The lowest BCUT2D eigenvalue weighted by Crippen LogP contribution is -2.24. The number of nitrogens with two attached hydrogens (primary N) is 1. The summed E-state index contributed by atoms with van der Waals surface area (Å²) in [4.78, 5) is 20.2. The third kappa shape index (κ3) is 2.74. The van der Waals surface area contributed by atoms with Gasteiger partial charge in [-0.1, -0.05) is 36.4 Å². The SMILES string of the molecule is CCNC(=O)c1cc(-c2ccc3ccccc3c2)nc(N)n1. The molecule has 22 heavy (non-hydrogen) atoms. The van der Waals surface area contributed by atoms with E-state index >= 15 is 0 Å². The van der Waals surface area contributed by atoms with E-state index in [2.05, 4.69) is 15.3 Å². The lowest BCUT2D eigenvalue weighted by atomic mass is 10.0. The zero-order valence-electron chi connectivity index (χ0n) is 12.2. The summed E-state index contributed by atoms with van der Waals surface area (Å²) in [5.41, 5.74) is 7.56. The van der Waals surface area contributed by atoms with E-state index in [1.807, 2.05) is 49.4 Å². The largest absolute Gasteiger partial charge is 0.368 e. The Morgan fingerprint density at radius 2 is 1.86 bits per heavy atom. The first-order valence-electron chi connectivity index (χ1n) is 7.09. The highest BCUT2D eigenvalue weighted by Gasteiger charge is 2.11. The van der Waals surface area contributed by atoms with Crippen LogP contribution in [-0.4, -0.2) is 22.4 Å². The maximum Gasteiger partial charge on any atom is 0.270 e. The highest BCUT2D eigenvalue weighted by atomic mass is 16.1. The van der Waals surface area contributed by atoms with Crippen LogP contribution in [0.15, 0.2) is 48.5 Å². The molecule has 0 saturated carbocycles. The maximum atomic E-state index is 11.9. The molecule has 5 nitrogen and oxygen atoms in total. The van der Waals surface area contributed by atoms with E-state index in [-0.39, 0.29) is 17.5 Å². The molecule has 0 aliphatic rings. The first kappa shape index (κ1) is 14.0. The second kappa shape index (κ2) is 5.81. The van der Waals surface area contributed by atoms with Gasteiger partial charge in [0.1, 0.15) is 5.69 Å². The van der Waals surface area contributed by atoms with Gasteiger partial charge in [0, 0.05) is 12.1 Å². The van der Waals surface area contributed by atoms with Gasteiger partial charge in [0.25, 0.3) is 5.91 Å². The van der Waals surface area contributed by atoms with Crippen molar-refractivity contribution >= 4 is 22.6 Å². The molecule has 0 aliphatic heterocycles. The van der Waals surface area contributed by atoms with Gasteiger partial charge in [-0.2, -0.15) is 0 Å². The van der Waals surface area contributed by atoms with Crippen molar-refractivity contribution in [3.63, 3.8) is 0 Å². The number of nitrogens with one attached hydrogen (secondary N) is 1. The minimum Gasteiger partial charge on any atom is -0.368 e. The van der Waals surface area contributed by atoms with Crippen LogP contribution >= 0.6 is 0 Å². The molecule has 3 aromatic rings. The van der Waals surface area contributed by atoms with Crippen LogP contribution in [0, 0.1) is 0 Å². The number of hydrogen-bond acceptors (Lipinski definition) is 4. The third-order valence-corrected chi connectivity index (χ3v) is 3.36. The molecule has 0 spiro atoms. The van der Waals surface area contributed by atoms with Crippen molar-refractivity contribution in [2.45, 2.75) is 6.92 Å². The lowest BCUT2D eigenvalue weighted by molar-refractivity contribution is 0.0951. The van der Waals surface area contributed by atoms with Crippen molar-refractivity contribution in [1.82, 2.24) is 15.3 Å². The fourth-order valence-electron chi connectivity index (χ4n) is 2.33. The predicted molar refractivity (Wildman–Crippen MR) is 87.4 cm³/mol. The Hall–Kier alpha value is -2.95. The molecule has 0 radical (unpaired) electrons. The Morgan fingerprint density at radius 3 is 2.64 bits per heavy atom. The lowest BCUT2D eigenvalue weighted by Gasteiger charge is -2.07. The van der Waals surface area contributed by atoms with Gasteiger partial charge < -0.3 is 11.1 Å². The molecule has 0 aliphatic carbocycles. The highest BCUT2D eigenvalue weighted by Crippen LogP contribution is 2.24. The third-order valence-electron chi connectivity index (χ3n) is 3.36. The summed E-state index contributed by atoms with van der Waals surface area (Å²) in [6.07, 6.45) is 0. The van der Waals surface area contributed by atoms with Crippen molar-refractivity contribution in [1.29, 1.82) is 0 Å². The first-order valence-corrected chi connectivity index (χ1v) is 7.09. The van der Waals surface area contributed by atoms with Gasteiger partial charge >= 0.3 is 0 Å². The number of rotatable bonds is 3. The molecule has 0 atom stereocenters. The average molecular weight is 292 g/mol. The molecule has 1 aromatic heterocycles. The van der Waals surface area contributed by atoms with Gasteiger partial charge in [-0.25, -0.2) is 9.97 Å². The van der Waals surface area contributed by atoms with Crippen molar-refractivity contribution < 1.29 is 4.79 Å². The monoisotopic (exact) mass is 292 g/mol. The number of anilines is 1. The molecular formula is C17H16N4O. The minimum absolute atomic E-state index is 0.0897. The van der Waals surface area contributed by atoms with Crippen LogP contribution in [0.5, 0.6) is 0 Å². The number of hydrogen-bond donors (Lipinski definition) is 2. The molecule has 2 aromatic carbocycles. The maximum absolute atomic E-state index is 11.9. The van der Waals surface area contributed by atoms with Gasteiger partial charge in [0.2, 0.25) is 5.95 Å². The van der Waals surface area contributed by atoms with E-state index in [4.69, 9.17) is 5.73 Å². The van der Waals surface area contributed by atoms with E-state index in [0.717, 1.165) is 16.3 Å². The van der Waals surface area contributed by atoms with Crippen molar-refractivity contribution in [3.8, 4) is 11.3 Å². The molecule has 3 N–H and O–H groups in total. The number of carbonyl (C=O) groups excluding carboxylic acids is 1. The molecule has 1 heterocycles. The number of nitrogen functional groups attached to an aromatic ring is 1. The Labute approximate surface area is 128 Å².